The van der Waals surface area contributed by atoms with Crippen molar-refractivity contribution in [3.8, 4) is 5.75 Å². The van der Waals surface area contributed by atoms with E-state index in [4.69, 9.17) is 9.47 Å². The Kier molecular flexibility index (Phi) is 12.2. The average molecular weight is 485 g/mol. The smallest absolute Gasteiger partial charge is 0.324 e. The highest BCUT2D eigenvalue weighted by Gasteiger charge is 2.25. The molecule has 8 nitrogen and oxygen atoms in total. The molecule has 0 spiro atoms. The van der Waals surface area contributed by atoms with Gasteiger partial charge in [0.25, 0.3) is 0 Å². The first-order valence-corrected chi connectivity index (χ1v) is 13.8. The first kappa shape index (κ1) is 27.6. The highest BCUT2D eigenvalue weighted by Crippen LogP contribution is 2.22. The largest absolute Gasteiger partial charge is 0.494 e. The van der Waals surface area contributed by atoms with Gasteiger partial charge in [0, 0.05) is 13.1 Å². The summed E-state index contributed by atoms with van der Waals surface area (Å²) in [5.74, 6) is 0.873. The monoisotopic (exact) mass is 484 g/mol. The van der Waals surface area contributed by atoms with Gasteiger partial charge in [-0.1, -0.05) is 31.9 Å². The van der Waals surface area contributed by atoms with Crippen molar-refractivity contribution in [2.45, 2.75) is 71.3 Å². The van der Waals surface area contributed by atoms with E-state index in [1.54, 1.807) is 6.92 Å². The number of unbranched alkanes of at least 4 members (excludes halogenated alkanes) is 2. The Balaban J connectivity index is 1.79. The molecule has 1 fully saturated rings. The quantitative estimate of drug-likeness (QED) is 0.290. The van der Waals surface area contributed by atoms with Gasteiger partial charge < -0.3 is 14.7 Å². The van der Waals surface area contributed by atoms with E-state index in [0.29, 0.717) is 18.9 Å². The normalized spacial score (nSPS) is 16.5. The summed E-state index contributed by atoms with van der Waals surface area (Å²) in [6, 6.07) is 6.45. The fraction of sp³-hybridized carbons (Fsp3) is 0.708. The minimum Gasteiger partial charge on any atom is -0.494 e. The lowest BCUT2D eigenvalue weighted by Gasteiger charge is -2.27. The van der Waals surface area contributed by atoms with E-state index >= 15 is 0 Å². The minimum absolute atomic E-state index is 0.00713. The van der Waals surface area contributed by atoms with E-state index in [1.165, 1.54) is 11.5 Å². The topological polar surface area (TPSA) is 105 Å². The third kappa shape index (κ3) is 10.9. The fourth-order valence-corrected chi connectivity index (χ4v) is 5.32. The maximum Gasteiger partial charge on any atom is 0.324 e. The summed E-state index contributed by atoms with van der Waals surface area (Å²) in [4.78, 5) is 12.3. The lowest BCUT2D eigenvalue weighted by atomic mass is 9.92. The van der Waals surface area contributed by atoms with Gasteiger partial charge in [-0.25, -0.2) is 13.1 Å². The van der Waals surface area contributed by atoms with Gasteiger partial charge in [0.2, 0.25) is 10.0 Å². The van der Waals surface area contributed by atoms with E-state index in [9.17, 15) is 18.4 Å². The predicted octanol–water partition coefficient (Wildman–Crippen LogP) is 3.53. The zero-order valence-corrected chi connectivity index (χ0v) is 20.8. The van der Waals surface area contributed by atoms with Crippen molar-refractivity contribution in [1.82, 2.24) is 9.79 Å². The van der Waals surface area contributed by atoms with Crippen LogP contribution in [-0.2, 0) is 26.0 Å². The van der Waals surface area contributed by atoms with Crippen molar-refractivity contribution in [3.63, 3.8) is 0 Å². The second kappa shape index (κ2) is 14.6. The van der Waals surface area contributed by atoms with Crippen LogP contribution in [0.25, 0.3) is 0 Å². The molecule has 2 N–H and O–H groups in total. The summed E-state index contributed by atoms with van der Waals surface area (Å²) in [5, 5.41) is 10.8. The number of hydroxylamine groups is 2. The molecule has 1 aliphatic heterocycles. The van der Waals surface area contributed by atoms with Crippen LogP contribution in [0, 0.1) is 5.92 Å². The molecule has 0 radical (unpaired) electrons. The van der Waals surface area contributed by atoms with Crippen LogP contribution >= 0.6 is 0 Å². The van der Waals surface area contributed by atoms with Crippen molar-refractivity contribution in [2.24, 2.45) is 5.92 Å². The Morgan fingerprint density at radius 1 is 1.15 bits per heavy atom. The number of carbonyl (C=O) groups is 1. The van der Waals surface area contributed by atoms with Gasteiger partial charge in [-0.3, -0.25) is 4.79 Å². The molecule has 1 aromatic carbocycles. The van der Waals surface area contributed by atoms with Crippen molar-refractivity contribution < 1.29 is 27.9 Å². The second-order valence-corrected chi connectivity index (χ2v) is 10.6. The number of ether oxygens (including phenoxy) is 2. The number of hydrogen-bond acceptors (Lipinski definition) is 7. The first-order chi connectivity index (χ1) is 15.8. The number of hydrogen-bond donors (Lipinski definition) is 2. The molecule has 0 aliphatic carbocycles. The number of rotatable bonds is 15. The van der Waals surface area contributed by atoms with Crippen molar-refractivity contribution in [3.05, 3.63) is 29.8 Å². The number of esters is 1. The van der Waals surface area contributed by atoms with Gasteiger partial charge in [0.05, 0.1) is 19.0 Å². The van der Waals surface area contributed by atoms with Gasteiger partial charge in [0.1, 0.15) is 11.8 Å². The second-order valence-electron chi connectivity index (χ2n) is 8.68. The molecule has 0 saturated carbocycles. The molecule has 9 heteroatoms. The maximum atomic E-state index is 12.3. The first-order valence-electron chi connectivity index (χ1n) is 12.1. The van der Waals surface area contributed by atoms with Crippen LogP contribution in [0.1, 0.15) is 64.4 Å². The van der Waals surface area contributed by atoms with E-state index in [2.05, 4.69) is 4.72 Å². The molecule has 188 valence electrons. The standard InChI is InChI=1S/C24H40N2O6S/c1-3-5-18-33(29,30)25-23(24(27)31-4-2)19-21-9-11-22(12-10-21)32-17-7-6-8-20-13-15-26(28)16-14-20/h9-12,20,23,25,28H,3-8,13-19H2,1-2H3. The summed E-state index contributed by atoms with van der Waals surface area (Å²) in [6.07, 6.45) is 6.88. The maximum absolute atomic E-state index is 12.3. The summed E-state index contributed by atoms with van der Waals surface area (Å²) in [7, 11) is -3.55. The minimum atomic E-state index is -3.55. The van der Waals surface area contributed by atoms with Crippen LogP contribution in [0.4, 0.5) is 0 Å². The summed E-state index contributed by atoms with van der Waals surface area (Å²) >= 11 is 0. The number of carbonyl (C=O) groups excluding carboxylic acids is 1. The molecule has 1 saturated heterocycles. The van der Waals surface area contributed by atoms with Crippen molar-refractivity contribution in [2.75, 3.05) is 32.1 Å². The molecule has 1 unspecified atom stereocenters. The molecule has 1 heterocycles. The molecule has 33 heavy (non-hydrogen) atoms. The third-order valence-electron chi connectivity index (χ3n) is 5.89. The summed E-state index contributed by atoms with van der Waals surface area (Å²) in [5.41, 5.74) is 0.828. The Bertz CT molecular complexity index is 792. The molecule has 0 amide bonds. The Labute approximate surface area is 198 Å². The van der Waals surface area contributed by atoms with Crippen molar-refractivity contribution in [1.29, 1.82) is 0 Å². The highest BCUT2D eigenvalue weighted by molar-refractivity contribution is 7.89. The fourth-order valence-electron chi connectivity index (χ4n) is 3.92. The molecule has 0 bridgehead atoms. The van der Waals surface area contributed by atoms with Gasteiger partial charge >= 0.3 is 5.97 Å². The number of nitrogens with one attached hydrogen (secondary N) is 1. The third-order valence-corrected chi connectivity index (χ3v) is 7.36. The Morgan fingerprint density at radius 2 is 1.85 bits per heavy atom. The molecular weight excluding hydrogens is 444 g/mol. The highest BCUT2D eigenvalue weighted by atomic mass is 32.2. The van der Waals surface area contributed by atoms with E-state index in [1.807, 2.05) is 31.2 Å². The Hall–Kier alpha value is -1.68. The summed E-state index contributed by atoms with van der Waals surface area (Å²) < 4.78 is 38.0. The average Bonchev–Trinajstić information content (AvgIpc) is 2.79. The zero-order chi connectivity index (χ0) is 24.1. The van der Waals surface area contributed by atoms with Gasteiger partial charge in [0.15, 0.2) is 0 Å². The van der Waals surface area contributed by atoms with Gasteiger partial charge in [-0.2, -0.15) is 5.06 Å². The lowest BCUT2D eigenvalue weighted by Crippen LogP contribution is -2.44. The van der Waals surface area contributed by atoms with Gasteiger partial charge in [-0.15, -0.1) is 0 Å². The Morgan fingerprint density at radius 3 is 2.48 bits per heavy atom. The number of piperidine rings is 1. The van der Waals surface area contributed by atoms with Crippen LogP contribution in [0.5, 0.6) is 5.75 Å². The van der Waals surface area contributed by atoms with Crippen LogP contribution < -0.4 is 9.46 Å². The number of benzene rings is 1. The van der Waals surface area contributed by atoms with E-state index < -0.39 is 22.0 Å². The lowest BCUT2D eigenvalue weighted by molar-refractivity contribution is -0.145. The number of sulfonamides is 1. The predicted molar refractivity (Wildman–Crippen MR) is 128 cm³/mol. The molecule has 1 aliphatic rings. The molecule has 0 aromatic heterocycles. The van der Waals surface area contributed by atoms with E-state index in [-0.39, 0.29) is 18.8 Å². The van der Waals surface area contributed by atoms with Crippen LogP contribution in [-0.4, -0.2) is 62.8 Å². The summed E-state index contributed by atoms with van der Waals surface area (Å²) in [6.45, 7) is 5.99. The molecule has 1 atom stereocenters. The van der Waals surface area contributed by atoms with Gasteiger partial charge in [-0.05, 0) is 69.1 Å². The number of nitrogens with zero attached hydrogens (tertiary/aromatic N) is 1. The molecular formula is C24H40N2O6S. The van der Waals surface area contributed by atoms with Crippen molar-refractivity contribution >= 4 is 16.0 Å². The van der Waals surface area contributed by atoms with Crippen LogP contribution in [0.2, 0.25) is 0 Å². The zero-order valence-electron chi connectivity index (χ0n) is 20.0. The van der Waals surface area contributed by atoms with Crippen LogP contribution in [0.15, 0.2) is 24.3 Å². The van der Waals surface area contributed by atoms with Crippen LogP contribution in [0.3, 0.4) is 0 Å². The van der Waals surface area contributed by atoms with E-state index in [0.717, 1.165) is 56.5 Å². The SMILES string of the molecule is CCCCS(=O)(=O)NC(Cc1ccc(OCCCCC2CCN(O)CC2)cc1)C(=O)OCC. The molecule has 2 rings (SSSR count). The molecule has 1 aromatic rings.